The first kappa shape index (κ1) is 13.3. The summed E-state index contributed by atoms with van der Waals surface area (Å²) in [4.78, 5) is 23.5. The smallest absolute Gasteiger partial charge is 0.349 e. The maximum atomic E-state index is 13.4. The van der Waals surface area contributed by atoms with Crippen LogP contribution in [0.15, 0.2) is 33.5 Å². The molecule has 0 fully saturated rings. The molecule has 0 bridgehead atoms. The number of nitrogens with one attached hydrogen (secondary N) is 1. The van der Waals surface area contributed by atoms with Gasteiger partial charge in [0.15, 0.2) is 11.4 Å². The van der Waals surface area contributed by atoms with Crippen molar-refractivity contribution in [3.8, 4) is 0 Å². The van der Waals surface area contributed by atoms with Gasteiger partial charge in [-0.2, -0.15) is 0 Å². The molecule has 0 atom stereocenters. The van der Waals surface area contributed by atoms with E-state index in [4.69, 9.17) is 4.42 Å². The average molecular weight is 263 g/mol. The molecule has 4 nitrogen and oxygen atoms in total. The van der Waals surface area contributed by atoms with Gasteiger partial charge in [0.2, 0.25) is 0 Å². The van der Waals surface area contributed by atoms with E-state index in [0.717, 1.165) is 0 Å². The van der Waals surface area contributed by atoms with Crippen molar-refractivity contribution in [2.24, 2.45) is 5.92 Å². The lowest BCUT2D eigenvalue weighted by molar-refractivity contribution is 0.0945. The lowest BCUT2D eigenvalue weighted by Crippen LogP contribution is -2.31. The van der Waals surface area contributed by atoms with E-state index >= 15 is 0 Å². The van der Waals surface area contributed by atoms with Crippen LogP contribution in [0, 0.1) is 11.7 Å². The van der Waals surface area contributed by atoms with Crippen molar-refractivity contribution in [1.29, 1.82) is 0 Å². The van der Waals surface area contributed by atoms with Crippen molar-refractivity contribution < 1.29 is 13.6 Å². The Bertz CT molecular complexity index is 676. The predicted octanol–water partition coefficient (Wildman–Crippen LogP) is 2.32. The zero-order valence-corrected chi connectivity index (χ0v) is 10.7. The zero-order valence-electron chi connectivity index (χ0n) is 10.7. The Morgan fingerprint density at radius 1 is 1.42 bits per heavy atom. The van der Waals surface area contributed by atoms with Gasteiger partial charge in [-0.3, -0.25) is 4.79 Å². The standard InChI is InChI=1S/C14H14FNO3/c1-8(2)7-16-13(17)10-6-9-4-3-5-11(15)12(9)19-14(10)18/h3-6,8H,7H2,1-2H3,(H,16,17). The van der Waals surface area contributed by atoms with Crippen LogP contribution in [0.5, 0.6) is 0 Å². The van der Waals surface area contributed by atoms with Crippen LogP contribution in [-0.4, -0.2) is 12.5 Å². The van der Waals surface area contributed by atoms with Crippen molar-refractivity contribution in [2.75, 3.05) is 6.54 Å². The Kier molecular flexibility index (Phi) is 3.64. The average Bonchev–Trinajstić information content (AvgIpc) is 2.36. The first-order valence-corrected chi connectivity index (χ1v) is 5.99. The molecule has 19 heavy (non-hydrogen) atoms. The van der Waals surface area contributed by atoms with Gasteiger partial charge >= 0.3 is 5.63 Å². The fourth-order valence-electron chi connectivity index (χ4n) is 1.66. The fraction of sp³-hybridized carbons (Fsp3) is 0.286. The number of rotatable bonds is 3. The molecule has 100 valence electrons. The topological polar surface area (TPSA) is 59.3 Å². The van der Waals surface area contributed by atoms with Crippen molar-refractivity contribution >= 4 is 16.9 Å². The van der Waals surface area contributed by atoms with Crippen LogP contribution in [-0.2, 0) is 0 Å². The van der Waals surface area contributed by atoms with Crippen LogP contribution in [0.4, 0.5) is 4.39 Å². The molecular formula is C14H14FNO3. The number of benzene rings is 1. The van der Waals surface area contributed by atoms with Crippen molar-refractivity contribution in [1.82, 2.24) is 5.32 Å². The molecule has 0 unspecified atom stereocenters. The quantitative estimate of drug-likeness (QED) is 0.864. The van der Waals surface area contributed by atoms with Gasteiger partial charge in [-0.25, -0.2) is 9.18 Å². The van der Waals surface area contributed by atoms with Gasteiger partial charge in [0.1, 0.15) is 5.56 Å². The third-order valence-electron chi connectivity index (χ3n) is 2.63. The van der Waals surface area contributed by atoms with Crippen LogP contribution in [0.2, 0.25) is 0 Å². The van der Waals surface area contributed by atoms with Crippen LogP contribution in [0.25, 0.3) is 11.0 Å². The summed E-state index contributed by atoms with van der Waals surface area (Å²) in [5, 5.41) is 3.01. The number of halogens is 1. The number of fused-ring (bicyclic) bond motifs is 1. The summed E-state index contributed by atoms with van der Waals surface area (Å²) < 4.78 is 18.3. The molecule has 1 N–H and O–H groups in total. The molecule has 5 heteroatoms. The SMILES string of the molecule is CC(C)CNC(=O)c1cc2cccc(F)c2oc1=O. The summed E-state index contributed by atoms with van der Waals surface area (Å²) >= 11 is 0. The fourth-order valence-corrected chi connectivity index (χ4v) is 1.66. The molecule has 2 aromatic rings. The van der Waals surface area contributed by atoms with Crippen LogP contribution < -0.4 is 10.9 Å². The summed E-state index contributed by atoms with van der Waals surface area (Å²) in [6.07, 6.45) is 0. The predicted molar refractivity (Wildman–Crippen MR) is 69.6 cm³/mol. The highest BCUT2D eigenvalue weighted by Crippen LogP contribution is 2.16. The van der Waals surface area contributed by atoms with Gasteiger partial charge in [-0.05, 0) is 18.1 Å². The number of carbonyl (C=O) groups is 1. The molecule has 1 aromatic carbocycles. The van der Waals surface area contributed by atoms with Crippen molar-refractivity contribution in [3.05, 3.63) is 46.1 Å². The second-order valence-electron chi connectivity index (χ2n) is 4.71. The van der Waals surface area contributed by atoms with E-state index in [1.54, 1.807) is 6.07 Å². The van der Waals surface area contributed by atoms with Gasteiger partial charge in [0.05, 0.1) is 0 Å². The van der Waals surface area contributed by atoms with E-state index < -0.39 is 17.3 Å². The molecule has 0 radical (unpaired) electrons. The monoisotopic (exact) mass is 263 g/mol. The third-order valence-corrected chi connectivity index (χ3v) is 2.63. The Labute approximate surface area is 109 Å². The van der Waals surface area contributed by atoms with E-state index in [-0.39, 0.29) is 17.1 Å². The van der Waals surface area contributed by atoms with E-state index in [0.29, 0.717) is 11.9 Å². The molecule has 2 rings (SSSR count). The Hall–Kier alpha value is -2.17. The third kappa shape index (κ3) is 2.81. The second kappa shape index (κ2) is 5.22. The number of para-hydroxylation sites is 1. The summed E-state index contributed by atoms with van der Waals surface area (Å²) in [7, 11) is 0. The number of amides is 1. The molecule has 1 aromatic heterocycles. The lowest BCUT2D eigenvalue weighted by atomic mass is 10.1. The highest BCUT2D eigenvalue weighted by Gasteiger charge is 2.15. The van der Waals surface area contributed by atoms with E-state index in [9.17, 15) is 14.0 Å². The molecule has 1 amide bonds. The summed E-state index contributed by atoms with van der Waals surface area (Å²) in [5.74, 6) is -0.855. The summed E-state index contributed by atoms with van der Waals surface area (Å²) in [5.41, 5.74) is -1.08. The molecule has 0 aliphatic heterocycles. The Morgan fingerprint density at radius 2 is 2.16 bits per heavy atom. The minimum atomic E-state index is -0.834. The summed E-state index contributed by atoms with van der Waals surface area (Å²) in [6.45, 7) is 4.34. The zero-order chi connectivity index (χ0) is 14.0. The Morgan fingerprint density at radius 3 is 2.84 bits per heavy atom. The highest BCUT2D eigenvalue weighted by molar-refractivity contribution is 5.96. The molecule has 0 saturated carbocycles. The maximum absolute atomic E-state index is 13.4. The summed E-state index contributed by atoms with van der Waals surface area (Å²) in [6, 6.07) is 5.62. The molecule has 0 aliphatic carbocycles. The minimum absolute atomic E-state index is 0.112. The minimum Gasteiger partial charge on any atom is -0.419 e. The van der Waals surface area contributed by atoms with Crippen LogP contribution >= 0.6 is 0 Å². The van der Waals surface area contributed by atoms with Crippen LogP contribution in [0.3, 0.4) is 0 Å². The highest BCUT2D eigenvalue weighted by atomic mass is 19.1. The van der Waals surface area contributed by atoms with Gasteiger partial charge in [0, 0.05) is 11.9 Å². The van der Waals surface area contributed by atoms with E-state index in [1.807, 2.05) is 13.8 Å². The van der Waals surface area contributed by atoms with E-state index in [2.05, 4.69) is 5.32 Å². The maximum Gasteiger partial charge on any atom is 0.349 e. The largest absolute Gasteiger partial charge is 0.419 e. The van der Waals surface area contributed by atoms with Crippen molar-refractivity contribution in [2.45, 2.75) is 13.8 Å². The molecular weight excluding hydrogens is 249 g/mol. The first-order valence-electron chi connectivity index (χ1n) is 5.99. The van der Waals surface area contributed by atoms with E-state index in [1.165, 1.54) is 18.2 Å². The van der Waals surface area contributed by atoms with Gasteiger partial charge in [-0.1, -0.05) is 26.0 Å². The van der Waals surface area contributed by atoms with Gasteiger partial charge in [0.25, 0.3) is 5.91 Å². The van der Waals surface area contributed by atoms with Crippen molar-refractivity contribution in [3.63, 3.8) is 0 Å². The number of hydrogen-bond acceptors (Lipinski definition) is 3. The Balaban J connectivity index is 2.42. The molecule has 0 spiro atoms. The normalized spacial score (nSPS) is 10.9. The first-order chi connectivity index (χ1) is 8.99. The molecule has 0 aliphatic rings. The number of hydrogen-bond donors (Lipinski definition) is 1. The lowest BCUT2D eigenvalue weighted by Gasteiger charge is -2.07. The molecule has 1 heterocycles. The van der Waals surface area contributed by atoms with Gasteiger partial charge in [-0.15, -0.1) is 0 Å². The van der Waals surface area contributed by atoms with Crippen LogP contribution in [0.1, 0.15) is 24.2 Å². The molecule has 0 saturated heterocycles. The second-order valence-corrected chi connectivity index (χ2v) is 4.71. The number of carbonyl (C=O) groups excluding carboxylic acids is 1. The van der Waals surface area contributed by atoms with Gasteiger partial charge < -0.3 is 9.73 Å².